The number of carbonyl (C=O) groups excluding carboxylic acids is 1. The molecule has 0 saturated carbocycles. The van der Waals surface area contributed by atoms with E-state index in [1.165, 1.54) is 13.2 Å². The first-order valence-corrected chi connectivity index (χ1v) is 7.87. The maximum atomic E-state index is 11.8. The van der Waals surface area contributed by atoms with E-state index in [2.05, 4.69) is 4.74 Å². The van der Waals surface area contributed by atoms with Crippen LogP contribution in [0.3, 0.4) is 0 Å². The van der Waals surface area contributed by atoms with E-state index in [4.69, 9.17) is 9.47 Å². The summed E-state index contributed by atoms with van der Waals surface area (Å²) in [5.74, 6) is -1.64. The van der Waals surface area contributed by atoms with Gasteiger partial charge in [0.15, 0.2) is 5.79 Å². The predicted molar refractivity (Wildman–Crippen MR) is 82.7 cm³/mol. The molecule has 0 aromatic heterocycles. The maximum Gasteiger partial charge on any atom is 0.333 e. The Labute approximate surface area is 140 Å². The van der Waals surface area contributed by atoms with Crippen LogP contribution < -0.4 is 0 Å². The highest BCUT2D eigenvalue weighted by Gasteiger charge is 2.47. The number of aliphatic hydroxyl groups excluding tert-OH is 2. The molecule has 1 saturated heterocycles. The fourth-order valence-electron chi connectivity index (χ4n) is 2.57. The topological polar surface area (TPSA) is 128 Å². The van der Waals surface area contributed by atoms with E-state index in [0.29, 0.717) is 12.8 Å². The third-order valence-corrected chi connectivity index (χ3v) is 4.05. The number of methoxy groups -OCH3 is 1. The summed E-state index contributed by atoms with van der Waals surface area (Å²) < 4.78 is 16.3. The molecule has 1 fully saturated rings. The standard InChI is InChI=1S/C15H25NO8/c1-4-15(5-2)23-12(13(24-15)11(18)9-17)8-10(14(19)22-3)6-7-16(20)21/h8,11-13,17-18H,4-7,9H2,1-3H3. The number of ether oxygens (including phenoxy) is 3. The summed E-state index contributed by atoms with van der Waals surface area (Å²) in [4.78, 5) is 21.9. The molecule has 9 heteroatoms. The van der Waals surface area contributed by atoms with Crippen LogP contribution in [0.15, 0.2) is 11.6 Å². The highest BCUT2D eigenvalue weighted by molar-refractivity contribution is 5.88. The van der Waals surface area contributed by atoms with Crippen molar-refractivity contribution in [3.05, 3.63) is 21.8 Å². The van der Waals surface area contributed by atoms with Crippen LogP contribution in [0.4, 0.5) is 0 Å². The Morgan fingerprint density at radius 3 is 2.50 bits per heavy atom. The van der Waals surface area contributed by atoms with E-state index in [1.54, 1.807) is 0 Å². The van der Waals surface area contributed by atoms with Crippen LogP contribution >= 0.6 is 0 Å². The molecule has 2 N–H and O–H groups in total. The number of hydrogen-bond acceptors (Lipinski definition) is 8. The molecule has 1 aliphatic rings. The number of carbonyl (C=O) groups is 1. The van der Waals surface area contributed by atoms with Gasteiger partial charge in [0.1, 0.15) is 18.3 Å². The monoisotopic (exact) mass is 347 g/mol. The Hall–Kier alpha value is -1.55. The average molecular weight is 347 g/mol. The van der Waals surface area contributed by atoms with Gasteiger partial charge in [-0.25, -0.2) is 4.79 Å². The minimum atomic E-state index is -1.21. The summed E-state index contributed by atoms with van der Waals surface area (Å²) in [5, 5.41) is 29.7. The fraction of sp³-hybridized carbons (Fsp3) is 0.800. The lowest BCUT2D eigenvalue weighted by Gasteiger charge is -2.25. The van der Waals surface area contributed by atoms with Crippen LogP contribution in [0.2, 0.25) is 0 Å². The average Bonchev–Trinajstić information content (AvgIpc) is 2.96. The van der Waals surface area contributed by atoms with Crippen LogP contribution in [0.1, 0.15) is 33.1 Å². The highest BCUT2D eigenvalue weighted by atomic mass is 16.8. The van der Waals surface area contributed by atoms with Gasteiger partial charge in [-0.2, -0.15) is 0 Å². The van der Waals surface area contributed by atoms with Gasteiger partial charge in [0.05, 0.1) is 13.7 Å². The molecule has 0 aromatic rings. The number of hydrogen-bond donors (Lipinski definition) is 2. The second-order valence-corrected chi connectivity index (χ2v) is 5.52. The summed E-state index contributed by atoms with van der Waals surface area (Å²) in [6.07, 6.45) is -0.659. The molecule has 1 heterocycles. The lowest BCUT2D eigenvalue weighted by molar-refractivity contribution is -0.479. The molecular formula is C15H25NO8. The molecule has 0 amide bonds. The molecule has 138 valence electrons. The van der Waals surface area contributed by atoms with Crippen molar-refractivity contribution in [1.82, 2.24) is 0 Å². The number of nitro groups is 1. The van der Waals surface area contributed by atoms with Gasteiger partial charge in [-0.1, -0.05) is 13.8 Å². The number of nitrogens with zero attached hydrogens (tertiary/aromatic N) is 1. The molecular weight excluding hydrogens is 322 g/mol. The van der Waals surface area contributed by atoms with Crippen molar-refractivity contribution in [2.24, 2.45) is 0 Å². The maximum absolute atomic E-state index is 11.8. The minimum absolute atomic E-state index is 0.0703. The zero-order chi connectivity index (χ0) is 18.3. The highest BCUT2D eigenvalue weighted by Crippen LogP contribution is 2.36. The summed E-state index contributed by atoms with van der Waals surface area (Å²) in [6.45, 7) is 2.73. The second kappa shape index (κ2) is 9.07. The van der Waals surface area contributed by atoms with Crippen LogP contribution in [-0.4, -0.2) is 65.5 Å². The molecule has 0 aliphatic carbocycles. The second-order valence-electron chi connectivity index (χ2n) is 5.52. The minimum Gasteiger partial charge on any atom is -0.466 e. The zero-order valence-corrected chi connectivity index (χ0v) is 14.1. The van der Waals surface area contributed by atoms with Gasteiger partial charge < -0.3 is 24.4 Å². The molecule has 24 heavy (non-hydrogen) atoms. The van der Waals surface area contributed by atoms with Gasteiger partial charge in [-0.3, -0.25) is 10.1 Å². The normalized spacial score (nSPS) is 24.6. The Kier molecular flexibility index (Phi) is 7.74. The molecule has 9 nitrogen and oxygen atoms in total. The molecule has 0 radical (unpaired) electrons. The summed E-state index contributed by atoms with van der Waals surface area (Å²) in [5.41, 5.74) is 0.0703. The van der Waals surface area contributed by atoms with E-state index in [0.717, 1.165) is 0 Å². The van der Waals surface area contributed by atoms with Crippen molar-refractivity contribution < 1.29 is 34.1 Å². The summed E-state index contributed by atoms with van der Waals surface area (Å²) in [7, 11) is 1.18. The molecule has 0 bridgehead atoms. The summed E-state index contributed by atoms with van der Waals surface area (Å²) in [6, 6.07) is 0. The Bertz CT molecular complexity index is 474. The van der Waals surface area contributed by atoms with Crippen LogP contribution in [0, 0.1) is 10.1 Å². The van der Waals surface area contributed by atoms with Gasteiger partial charge in [0.2, 0.25) is 6.54 Å². The molecule has 0 aromatic carbocycles. The SMILES string of the molecule is CCC1(CC)OC(C=C(CC[N+](=O)[O-])C(=O)OC)C(C(O)CO)O1. The van der Waals surface area contributed by atoms with Crippen LogP contribution in [-0.2, 0) is 19.0 Å². The van der Waals surface area contributed by atoms with Crippen molar-refractivity contribution in [2.45, 2.75) is 57.2 Å². The first kappa shape index (κ1) is 20.5. The largest absolute Gasteiger partial charge is 0.466 e. The van der Waals surface area contributed by atoms with E-state index in [9.17, 15) is 25.1 Å². The van der Waals surface area contributed by atoms with E-state index in [-0.39, 0.29) is 12.0 Å². The van der Waals surface area contributed by atoms with Crippen LogP contribution in [0.5, 0.6) is 0 Å². The summed E-state index contributed by atoms with van der Waals surface area (Å²) >= 11 is 0. The zero-order valence-electron chi connectivity index (χ0n) is 14.1. The third kappa shape index (κ3) is 4.97. The van der Waals surface area contributed by atoms with E-state index in [1.807, 2.05) is 13.8 Å². The molecule has 1 aliphatic heterocycles. The Morgan fingerprint density at radius 2 is 2.04 bits per heavy atom. The number of esters is 1. The fourth-order valence-corrected chi connectivity index (χ4v) is 2.57. The molecule has 3 atom stereocenters. The van der Waals surface area contributed by atoms with Crippen LogP contribution in [0.25, 0.3) is 0 Å². The molecule has 0 spiro atoms. The van der Waals surface area contributed by atoms with Crippen molar-refractivity contribution in [3.63, 3.8) is 0 Å². The van der Waals surface area contributed by atoms with Crippen molar-refractivity contribution in [3.8, 4) is 0 Å². The number of aliphatic hydroxyl groups is 2. The van der Waals surface area contributed by atoms with Crippen molar-refractivity contribution in [2.75, 3.05) is 20.3 Å². The first-order valence-electron chi connectivity index (χ1n) is 7.87. The van der Waals surface area contributed by atoms with E-state index >= 15 is 0 Å². The van der Waals surface area contributed by atoms with Gasteiger partial charge in [0.25, 0.3) is 0 Å². The third-order valence-electron chi connectivity index (χ3n) is 4.05. The van der Waals surface area contributed by atoms with E-state index < -0.39 is 48.1 Å². The lowest BCUT2D eigenvalue weighted by Crippen LogP contribution is -2.37. The smallest absolute Gasteiger partial charge is 0.333 e. The lowest BCUT2D eigenvalue weighted by atomic mass is 10.0. The van der Waals surface area contributed by atoms with Gasteiger partial charge in [0, 0.05) is 16.9 Å². The van der Waals surface area contributed by atoms with Gasteiger partial charge >= 0.3 is 5.97 Å². The van der Waals surface area contributed by atoms with Gasteiger partial charge in [-0.15, -0.1) is 0 Å². The van der Waals surface area contributed by atoms with Crippen molar-refractivity contribution >= 4 is 5.97 Å². The predicted octanol–water partition coefficient (Wildman–Crippen LogP) is 0.406. The number of rotatable bonds is 9. The molecule has 1 rings (SSSR count). The Morgan fingerprint density at radius 1 is 1.42 bits per heavy atom. The first-order chi connectivity index (χ1) is 11.3. The van der Waals surface area contributed by atoms with Crippen molar-refractivity contribution in [1.29, 1.82) is 0 Å². The molecule has 3 unspecified atom stereocenters. The Balaban J connectivity index is 3.09. The van der Waals surface area contributed by atoms with Gasteiger partial charge in [-0.05, 0) is 18.9 Å². The quantitative estimate of drug-likeness (QED) is 0.265.